The van der Waals surface area contributed by atoms with Crippen molar-refractivity contribution >= 4 is 11.8 Å². The molecule has 2 aromatic rings. The zero-order chi connectivity index (χ0) is 22.5. The lowest BCUT2D eigenvalue weighted by Gasteiger charge is -2.37. The summed E-state index contributed by atoms with van der Waals surface area (Å²) in [5.41, 5.74) is 4.29. The highest BCUT2D eigenvalue weighted by Crippen LogP contribution is 2.15. The van der Waals surface area contributed by atoms with E-state index in [0.717, 1.165) is 42.1 Å². The van der Waals surface area contributed by atoms with Crippen LogP contribution >= 0.6 is 0 Å². The van der Waals surface area contributed by atoms with E-state index >= 15 is 0 Å². The summed E-state index contributed by atoms with van der Waals surface area (Å²) in [5, 5.41) is 7.48. The van der Waals surface area contributed by atoms with Crippen molar-refractivity contribution in [2.75, 3.05) is 26.2 Å². The summed E-state index contributed by atoms with van der Waals surface area (Å²) in [6.07, 6.45) is 1.23. The second kappa shape index (κ2) is 10.1. The van der Waals surface area contributed by atoms with Crippen LogP contribution in [-0.2, 0) is 16.0 Å². The van der Waals surface area contributed by atoms with Crippen LogP contribution in [0.5, 0.6) is 0 Å². The smallest absolute Gasteiger partial charge is 0.237 e. The first-order chi connectivity index (χ1) is 14.7. The third-order valence-electron chi connectivity index (χ3n) is 5.84. The Morgan fingerprint density at radius 1 is 1.03 bits per heavy atom. The highest BCUT2D eigenvalue weighted by molar-refractivity contribution is 5.81. The molecule has 2 heterocycles. The number of hydrogen-bond donors (Lipinski definition) is 1. The maximum atomic E-state index is 12.7. The standard InChI is InChI=1S/C24H35N5O2/c1-17(2)25-24(31)20(5)27-12-14-28(15-13-27)23(30)11-8-21-6-9-22(10-7-21)29-19(4)16-18(3)26-29/h6-7,9-10,16-17,20H,8,11-15H2,1-5H3,(H,25,31)/t20-/m1/s1. The van der Waals surface area contributed by atoms with Crippen LogP contribution in [0.4, 0.5) is 0 Å². The summed E-state index contributed by atoms with van der Waals surface area (Å²) in [4.78, 5) is 29.0. The first-order valence-corrected chi connectivity index (χ1v) is 11.2. The molecule has 0 spiro atoms. The number of piperazine rings is 1. The van der Waals surface area contributed by atoms with E-state index in [1.165, 1.54) is 0 Å². The number of rotatable bonds is 7. The second-order valence-corrected chi connectivity index (χ2v) is 8.76. The predicted octanol–water partition coefficient (Wildman–Crippen LogP) is 2.48. The van der Waals surface area contributed by atoms with Gasteiger partial charge in [0.15, 0.2) is 0 Å². The van der Waals surface area contributed by atoms with Gasteiger partial charge in [-0.05, 0) is 64.8 Å². The zero-order valence-corrected chi connectivity index (χ0v) is 19.4. The fourth-order valence-corrected chi connectivity index (χ4v) is 4.03. The number of nitrogens with zero attached hydrogens (tertiary/aromatic N) is 4. The van der Waals surface area contributed by atoms with Crippen molar-refractivity contribution < 1.29 is 9.59 Å². The molecule has 2 amide bonds. The van der Waals surface area contributed by atoms with Crippen LogP contribution in [0.25, 0.3) is 5.69 Å². The van der Waals surface area contributed by atoms with Gasteiger partial charge in [0.2, 0.25) is 11.8 Å². The number of hydrogen-bond acceptors (Lipinski definition) is 4. The molecule has 1 aliphatic rings. The van der Waals surface area contributed by atoms with E-state index in [1.54, 1.807) is 0 Å². The van der Waals surface area contributed by atoms with Crippen molar-refractivity contribution in [3.8, 4) is 5.69 Å². The summed E-state index contributed by atoms with van der Waals surface area (Å²) in [6.45, 7) is 12.7. The van der Waals surface area contributed by atoms with Crippen molar-refractivity contribution in [1.29, 1.82) is 0 Å². The Bertz CT molecular complexity index is 895. The number of benzene rings is 1. The van der Waals surface area contributed by atoms with Gasteiger partial charge in [-0.15, -0.1) is 0 Å². The molecule has 0 aliphatic carbocycles. The molecule has 0 radical (unpaired) electrons. The molecule has 0 saturated carbocycles. The lowest BCUT2D eigenvalue weighted by atomic mass is 10.1. The maximum absolute atomic E-state index is 12.7. The van der Waals surface area contributed by atoms with Crippen LogP contribution in [0.3, 0.4) is 0 Å². The first kappa shape index (κ1) is 23.0. The third-order valence-corrected chi connectivity index (χ3v) is 5.84. The summed E-state index contributed by atoms with van der Waals surface area (Å²) >= 11 is 0. The lowest BCUT2D eigenvalue weighted by Crippen LogP contribution is -2.55. The van der Waals surface area contributed by atoms with Gasteiger partial charge >= 0.3 is 0 Å². The van der Waals surface area contributed by atoms with Gasteiger partial charge in [-0.3, -0.25) is 14.5 Å². The molecular weight excluding hydrogens is 390 g/mol. The third kappa shape index (κ3) is 5.94. The minimum atomic E-state index is -0.166. The molecule has 0 bridgehead atoms. The Hall–Kier alpha value is -2.67. The molecule has 0 unspecified atom stereocenters. The SMILES string of the molecule is Cc1cc(C)n(-c2ccc(CCC(=O)N3CCN([C@H](C)C(=O)NC(C)C)CC3)cc2)n1. The molecule has 3 rings (SSSR count). The van der Waals surface area contributed by atoms with E-state index < -0.39 is 0 Å². The van der Waals surface area contributed by atoms with Gasteiger partial charge in [-0.25, -0.2) is 4.68 Å². The summed E-state index contributed by atoms with van der Waals surface area (Å²) in [6, 6.07) is 10.3. The highest BCUT2D eigenvalue weighted by atomic mass is 16.2. The average molecular weight is 426 g/mol. The summed E-state index contributed by atoms with van der Waals surface area (Å²) in [7, 11) is 0. The largest absolute Gasteiger partial charge is 0.353 e. The molecule has 1 aromatic carbocycles. The van der Waals surface area contributed by atoms with E-state index in [4.69, 9.17) is 0 Å². The maximum Gasteiger partial charge on any atom is 0.237 e. The van der Waals surface area contributed by atoms with E-state index in [1.807, 2.05) is 44.2 Å². The van der Waals surface area contributed by atoms with Crippen molar-refractivity contribution in [3.05, 3.63) is 47.3 Å². The number of aromatic nitrogens is 2. The molecule has 7 heteroatoms. The molecule has 1 N–H and O–H groups in total. The molecule has 1 aromatic heterocycles. The number of amides is 2. The summed E-state index contributed by atoms with van der Waals surface area (Å²) in [5.74, 6) is 0.236. The van der Waals surface area contributed by atoms with Gasteiger partial charge in [0, 0.05) is 44.3 Å². The van der Waals surface area contributed by atoms with E-state index in [9.17, 15) is 9.59 Å². The minimum absolute atomic E-state index is 0.0543. The van der Waals surface area contributed by atoms with Crippen molar-refractivity contribution in [1.82, 2.24) is 24.9 Å². The van der Waals surface area contributed by atoms with Crippen LogP contribution in [0.15, 0.2) is 30.3 Å². The van der Waals surface area contributed by atoms with Crippen LogP contribution in [0, 0.1) is 13.8 Å². The molecule has 31 heavy (non-hydrogen) atoms. The Kier molecular flexibility index (Phi) is 7.49. The van der Waals surface area contributed by atoms with E-state index in [0.29, 0.717) is 19.5 Å². The van der Waals surface area contributed by atoms with Gasteiger partial charge in [-0.1, -0.05) is 12.1 Å². The molecule has 1 saturated heterocycles. The van der Waals surface area contributed by atoms with Crippen molar-refractivity contribution in [2.24, 2.45) is 0 Å². The second-order valence-electron chi connectivity index (χ2n) is 8.76. The molecular formula is C24H35N5O2. The highest BCUT2D eigenvalue weighted by Gasteiger charge is 2.27. The van der Waals surface area contributed by atoms with Crippen LogP contribution < -0.4 is 5.32 Å². The van der Waals surface area contributed by atoms with E-state index in [-0.39, 0.29) is 23.9 Å². The van der Waals surface area contributed by atoms with Crippen molar-refractivity contribution in [2.45, 2.75) is 59.5 Å². The topological polar surface area (TPSA) is 70.5 Å². The molecule has 1 aliphatic heterocycles. The molecule has 1 fully saturated rings. The predicted molar refractivity (Wildman–Crippen MR) is 122 cm³/mol. The first-order valence-electron chi connectivity index (χ1n) is 11.2. The van der Waals surface area contributed by atoms with Gasteiger partial charge < -0.3 is 10.2 Å². The molecule has 168 valence electrons. The van der Waals surface area contributed by atoms with Crippen LogP contribution in [-0.4, -0.2) is 69.7 Å². The fourth-order valence-electron chi connectivity index (χ4n) is 4.03. The minimum Gasteiger partial charge on any atom is -0.353 e. The van der Waals surface area contributed by atoms with Gasteiger partial charge in [0.05, 0.1) is 17.4 Å². The number of aryl methyl sites for hydroxylation is 3. The van der Waals surface area contributed by atoms with Crippen LogP contribution in [0.1, 0.15) is 44.1 Å². The van der Waals surface area contributed by atoms with E-state index in [2.05, 4.69) is 45.6 Å². The Morgan fingerprint density at radius 3 is 2.23 bits per heavy atom. The Labute approximate surface area is 185 Å². The average Bonchev–Trinajstić information content (AvgIpc) is 3.09. The summed E-state index contributed by atoms with van der Waals surface area (Å²) < 4.78 is 1.94. The van der Waals surface area contributed by atoms with Crippen molar-refractivity contribution in [3.63, 3.8) is 0 Å². The lowest BCUT2D eigenvalue weighted by molar-refractivity contribution is -0.134. The number of nitrogens with one attached hydrogen (secondary N) is 1. The van der Waals surface area contributed by atoms with Gasteiger partial charge in [-0.2, -0.15) is 5.10 Å². The fraction of sp³-hybridized carbons (Fsp3) is 0.542. The number of carbonyl (C=O) groups is 2. The Balaban J connectivity index is 1.46. The van der Waals surface area contributed by atoms with Gasteiger partial charge in [0.25, 0.3) is 0 Å². The van der Waals surface area contributed by atoms with Crippen LogP contribution in [0.2, 0.25) is 0 Å². The zero-order valence-electron chi connectivity index (χ0n) is 19.4. The van der Waals surface area contributed by atoms with Gasteiger partial charge in [0.1, 0.15) is 0 Å². The quantitative estimate of drug-likeness (QED) is 0.740. The number of carbonyl (C=O) groups excluding carboxylic acids is 2. The Morgan fingerprint density at radius 2 is 1.68 bits per heavy atom. The monoisotopic (exact) mass is 425 g/mol. The molecule has 7 nitrogen and oxygen atoms in total. The normalized spacial score (nSPS) is 15.9. The molecule has 1 atom stereocenters.